The van der Waals surface area contributed by atoms with E-state index in [1.54, 1.807) is 12.1 Å². The molecular weight excluding hydrogens is 253 g/mol. The first-order valence-corrected chi connectivity index (χ1v) is 7.30. The number of hydrogen-bond donors (Lipinski definition) is 1. The van der Waals surface area contributed by atoms with Crippen molar-refractivity contribution in [3.8, 4) is 0 Å². The summed E-state index contributed by atoms with van der Waals surface area (Å²) in [6, 6.07) is 7.18. The standard InChI is InChI=1S/C16H20FN3/c1-2-18-15-7-4-8-16-14(15)10-19-20(16)11-12-5-3-6-13(17)9-12/h3,5-6,9-10,15,18H,2,4,7-8,11H2,1H3. The van der Waals surface area contributed by atoms with Crippen molar-refractivity contribution in [3.05, 3.63) is 53.1 Å². The molecule has 2 aromatic rings. The number of rotatable bonds is 4. The van der Waals surface area contributed by atoms with E-state index in [0.29, 0.717) is 12.6 Å². The van der Waals surface area contributed by atoms with E-state index in [0.717, 1.165) is 18.5 Å². The van der Waals surface area contributed by atoms with E-state index in [9.17, 15) is 4.39 Å². The molecule has 1 aromatic carbocycles. The zero-order chi connectivity index (χ0) is 13.9. The van der Waals surface area contributed by atoms with E-state index < -0.39 is 0 Å². The van der Waals surface area contributed by atoms with Crippen molar-refractivity contribution in [3.63, 3.8) is 0 Å². The third-order valence-corrected chi connectivity index (χ3v) is 3.93. The van der Waals surface area contributed by atoms with Gasteiger partial charge in [-0.05, 0) is 43.5 Å². The topological polar surface area (TPSA) is 29.9 Å². The summed E-state index contributed by atoms with van der Waals surface area (Å²) in [6.45, 7) is 3.75. The molecule has 0 amide bonds. The number of aromatic nitrogens is 2. The van der Waals surface area contributed by atoms with Gasteiger partial charge in [0.05, 0.1) is 12.7 Å². The minimum Gasteiger partial charge on any atom is -0.310 e. The summed E-state index contributed by atoms with van der Waals surface area (Å²) in [5.41, 5.74) is 3.57. The van der Waals surface area contributed by atoms with Crippen LogP contribution in [0.5, 0.6) is 0 Å². The summed E-state index contributed by atoms with van der Waals surface area (Å²) in [5, 5.41) is 8.02. The van der Waals surface area contributed by atoms with Gasteiger partial charge in [0.25, 0.3) is 0 Å². The van der Waals surface area contributed by atoms with Gasteiger partial charge in [0, 0.05) is 17.3 Å². The maximum atomic E-state index is 13.3. The Kier molecular flexibility index (Phi) is 3.83. The van der Waals surface area contributed by atoms with Crippen LogP contribution >= 0.6 is 0 Å². The number of hydrogen-bond acceptors (Lipinski definition) is 2. The van der Waals surface area contributed by atoms with Crippen molar-refractivity contribution in [2.45, 2.75) is 38.8 Å². The predicted molar refractivity (Wildman–Crippen MR) is 77.1 cm³/mol. The number of fused-ring (bicyclic) bond motifs is 1. The molecule has 20 heavy (non-hydrogen) atoms. The molecule has 1 atom stereocenters. The second-order valence-corrected chi connectivity index (χ2v) is 5.34. The molecule has 0 bridgehead atoms. The summed E-state index contributed by atoms with van der Waals surface area (Å²) < 4.78 is 15.3. The largest absolute Gasteiger partial charge is 0.310 e. The highest BCUT2D eigenvalue weighted by molar-refractivity contribution is 5.26. The second kappa shape index (κ2) is 5.75. The molecule has 1 unspecified atom stereocenters. The van der Waals surface area contributed by atoms with Gasteiger partial charge in [0.1, 0.15) is 5.82 Å². The smallest absolute Gasteiger partial charge is 0.123 e. The SMILES string of the molecule is CCNC1CCCc2c1cnn2Cc1cccc(F)c1. The van der Waals surface area contributed by atoms with Gasteiger partial charge < -0.3 is 5.32 Å². The molecule has 106 valence electrons. The molecule has 1 heterocycles. The van der Waals surface area contributed by atoms with Gasteiger partial charge in [-0.15, -0.1) is 0 Å². The van der Waals surface area contributed by atoms with Crippen LogP contribution in [0.3, 0.4) is 0 Å². The minimum absolute atomic E-state index is 0.186. The Morgan fingerprint density at radius 2 is 2.35 bits per heavy atom. The highest BCUT2D eigenvalue weighted by atomic mass is 19.1. The van der Waals surface area contributed by atoms with Gasteiger partial charge in [-0.25, -0.2) is 4.39 Å². The molecule has 0 fully saturated rings. The van der Waals surface area contributed by atoms with Crippen LogP contribution in [0.2, 0.25) is 0 Å². The average molecular weight is 273 g/mol. The van der Waals surface area contributed by atoms with Crippen molar-refractivity contribution in [1.29, 1.82) is 0 Å². The van der Waals surface area contributed by atoms with Crippen molar-refractivity contribution >= 4 is 0 Å². The van der Waals surface area contributed by atoms with Crippen LogP contribution in [0.25, 0.3) is 0 Å². The molecule has 1 aliphatic carbocycles. The summed E-state index contributed by atoms with van der Waals surface area (Å²) in [5.74, 6) is -0.186. The first kappa shape index (κ1) is 13.3. The lowest BCUT2D eigenvalue weighted by molar-refractivity contribution is 0.460. The molecule has 4 heteroatoms. The van der Waals surface area contributed by atoms with Crippen LogP contribution in [0, 0.1) is 5.82 Å². The van der Waals surface area contributed by atoms with E-state index >= 15 is 0 Å². The molecule has 0 spiro atoms. The van der Waals surface area contributed by atoms with Gasteiger partial charge in [-0.2, -0.15) is 5.10 Å². The third kappa shape index (κ3) is 2.61. The lowest BCUT2D eigenvalue weighted by Crippen LogP contribution is -2.25. The van der Waals surface area contributed by atoms with Crippen LogP contribution < -0.4 is 5.32 Å². The zero-order valence-electron chi connectivity index (χ0n) is 11.8. The fourth-order valence-electron chi connectivity index (χ4n) is 3.02. The van der Waals surface area contributed by atoms with Gasteiger partial charge >= 0.3 is 0 Å². The molecule has 0 radical (unpaired) electrons. The zero-order valence-corrected chi connectivity index (χ0v) is 11.8. The lowest BCUT2D eigenvalue weighted by atomic mass is 9.93. The molecule has 1 N–H and O–H groups in total. The van der Waals surface area contributed by atoms with Gasteiger partial charge in [-0.1, -0.05) is 19.1 Å². The Bertz CT molecular complexity index is 591. The first-order valence-electron chi connectivity index (χ1n) is 7.30. The Labute approximate surface area is 118 Å². The molecule has 3 rings (SSSR count). The van der Waals surface area contributed by atoms with Crippen LogP contribution in [0.4, 0.5) is 4.39 Å². The molecule has 3 nitrogen and oxygen atoms in total. The first-order chi connectivity index (χ1) is 9.78. The summed E-state index contributed by atoms with van der Waals surface area (Å²) in [4.78, 5) is 0. The number of nitrogens with zero attached hydrogens (tertiary/aromatic N) is 2. The van der Waals surface area contributed by atoms with Crippen molar-refractivity contribution in [2.75, 3.05) is 6.54 Å². The van der Waals surface area contributed by atoms with E-state index in [-0.39, 0.29) is 5.82 Å². The Morgan fingerprint density at radius 1 is 1.45 bits per heavy atom. The van der Waals surface area contributed by atoms with Gasteiger partial charge in [0.2, 0.25) is 0 Å². The molecule has 0 saturated carbocycles. The van der Waals surface area contributed by atoms with Crippen molar-refractivity contribution in [2.24, 2.45) is 0 Å². The van der Waals surface area contributed by atoms with E-state index in [4.69, 9.17) is 0 Å². The van der Waals surface area contributed by atoms with Crippen LogP contribution in [-0.4, -0.2) is 16.3 Å². The Hall–Kier alpha value is -1.68. The maximum absolute atomic E-state index is 13.3. The third-order valence-electron chi connectivity index (χ3n) is 3.93. The van der Waals surface area contributed by atoms with Gasteiger partial charge in [0.15, 0.2) is 0 Å². The van der Waals surface area contributed by atoms with Crippen molar-refractivity contribution < 1.29 is 4.39 Å². The van der Waals surface area contributed by atoms with Crippen LogP contribution in [0.1, 0.15) is 42.6 Å². The van der Waals surface area contributed by atoms with Crippen LogP contribution in [0.15, 0.2) is 30.5 Å². The van der Waals surface area contributed by atoms with Gasteiger partial charge in [-0.3, -0.25) is 4.68 Å². The van der Waals surface area contributed by atoms with E-state index in [1.807, 2.05) is 16.9 Å². The molecule has 1 aliphatic rings. The predicted octanol–water partition coefficient (Wildman–Crippen LogP) is 3.06. The number of benzene rings is 1. The monoisotopic (exact) mass is 273 g/mol. The molecule has 0 saturated heterocycles. The molecule has 0 aliphatic heterocycles. The van der Waals surface area contributed by atoms with Crippen molar-refractivity contribution in [1.82, 2.24) is 15.1 Å². The summed E-state index contributed by atoms with van der Waals surface area (Å²) >= 11 is 0. The fraction of sp³-hybridized carbons (Fsp3) is 0.438. The Morgan fingerprint density at radius 3 is 3.15 bits per heavy atom. The van der Waals surface area contributed by atoms with E-state index in [2.05, 4.69) is 17.3 Å². The number of halogens is 1. The summed E-state index contributed by atoms with van der Waals surface area (Å²) in [7, 11) is 0. The van der Waals surface area contributed by atoms with E-state index in [1.165, 1.54) is 30.2 Å². The maximum Gasteiger partial charge on any atom is 0.123 e. The molecule has 1 aromatic heterocycles. The Balaban J connectivity index is 1.85. The normalized spacial score (nSPS) is 18.0. The quantitative estimate of drug-likeness (QED) is 0.928. The summed E-state index contributed by atoms with van der Waals surface area (Å²) in [6.07, 6.45) is 5.39. The fourth-order valence-corrected chi connectivity index (χ4v) is 3.02. The minimum atomic E-state index is -0.186. The lowest BCUT2D eigenvalue weighted by Gasteiger charge is -2.23. The highest BCUT2D eigenvalue weighted by Crippen LogP contribution is 2.29. The second-order valence-electron chi connectivity index (χ2n) is 5.34. The van der Waals surface area contributed by atoms with Crippen LogP contribution in [-0.2, 0) is 13.0 Å². The molecular formula is C16H20FN3. The average Bonchev–Trinajstić information content (AvgIpc) is 2.84. The highest BCUT2D eigenvalue weighted by Gasteiger charge is 2.23. The number of nitrogens with one attached hydrogen (secondary N) is 1.